The van der Waals surface area contributed by atoms with Crippen molar-refractivity contribution >= 4 is 21.6 Å². The molecule has 1 saturated heterocycles. The number of hydrogen-bond donors (Lipinski definition) is 2. The van der Waals surface area contributed by atoms with Crippen molar-refractivity contribution in [2.24, 2.45) is 0 Å². The van der Waals surface area contributed by atoms with Crippen molar-refractivity contribution < 1.29 is 35.9 Å². The molecular weight excluding hydrogens is 452 g/mol. The third kappa shape index (κ3) is 5.11. The maximum Gasteiger partial charge on any atom is 0.255 e. The van der Waals surface area contributed by atoms with Gasteiger partial charge >= 0.3 is 0 Å². The van der Waals surface area contributed by atoms with E-state index in [2.05, 4.69) is 5.32 Å². The van der Waals surface area contributed by atoms with E-state index in [1.165, 1.54) is 6.07 Å². The largest absolute Gasteiger partial charge is 0.390 e. The molecule has 0 radical (unpaired) electrons. The molecule has 0 saturated carbocycles. The monoisotopic (exact) mass is 474 g/mol. The summed E-state index contributed by atoms with van der Waals surface area (Å²) in [4.78, 5) is 12.1. The Morgan fingerprint density at radius 2 is 1.78 bits per heavy atom. The third-order valence-corrected chi connectivity index (χ3v) is 7.34. The zero-order valence-electron chi connectivity index (χ0n) is 17.2. The molecule has 2 aromatic carbocycles. The molecule has 1 unspecified atom stereocenters. The first kappa shape index (κ1) is 24.1. The number of benzene rings is 2. The number of rotatable bonds is 5. The van der Waals surface area contributed by atoms with E-state index in [1.807, 2.05) is 0 Å². The SMILES string of the molecule is CC1(O)CCCN(S(=O)(=O)c2cc(C(=O)Nc3cc(F)c(F)c(F)c3)ccc2CF)CC1. The lowest BCUT2D eigenvalue weighted by atomic mass is 9.98. The summed E-state index contributed by atoms with van der Waals surface area (Å²) in [6, 6.07) is 4.45. The van der Waals surface area contributed by atoms with Crippen molar-refractivity contribution in [1.82, 2.24) is 4.31 Å². The van der Waals surface area contributed by atoms with Crippen molar-refractivity contribution in [2.45, 2.75) is 43.4 Å². The van der Waals surface area contributed by atoms with Gasteiger partial charge in [-0.1, -0.05) is 6.07 Å². The highest BCUT2D eigenvalue weighted by Crippen LogP contribution is 2.28. The molecule has 2 N–H and O–H groups in total. The van der Waals surface area contributed by atoms with Crippen LogP contribution in [0.15, 0.2) is 35.2 Å². The third-order valence-electron chi connectivity index (χ3n) is 5.36. The number of aliphatic hydroxyl groups is 1. The molecule has 0 spiro atoms. The van der Waals surface area contributed by atoms with Crippen LogP contribution in [0.4, 0.5) is 23.2 Å². The van der Waals surface area contributed by atoms with Crippen LogP contribution in [0.5, 0.6) is 0 Å². The molecule has 174 valence electrons. The van der Waals surface area contributed by atoms with Crippen LogP contribution in [-0.4, -0.2) is 42.4 Å². The minimum atomic E-state index is -4.19. The van der Waals surface area contributed by atoms with E-state index in [0.717, 1.165) is 16.4 Å². The molecule has 2 aromatic rings. The Morgan fingerprint density at radius 3 is 2.41 bits per heavy atom. The Labute approximate surface area is 182 Å². The molecule has 11 heteroatoms. The van der Waals surface area contributed by atoms with Crippen molar-refractivity contribution in [1.29, 1.82) is 0 Å². The number of carbonyl (C=O) groups is 1. The Morgan fingerprint density at radius 1 is 1.12 bits per heavy atom. The van der Waals surface area contributed by atoms with Gasteiger partial charge in [-0.3, -0.25) is 4.79 Å². The molecule has 1 heterocycles. The number of halogens is 4. The zero-order chi connectivity index (χ0) is 23.7. The normalized spacial score (nSPS) is 20.1. The fourth-order valence-electron chi connectivity index (χ4n) is 3.50. The van der Waals surface area contributed by atoms with E-state index in [0.29, 0.717) is 25.0 Å². The molecule has 1 aliphatic heterocycles. The second kappa shape index (κ2) is 9.16. The minimum absolute atomic E-state index is 0.0195. The lowest BCUT2D eigenvalue weighted by molar-refractivity contribution is 0.0465. The van der Waals surface area contributed by atoms with E-state index in [1.54, 1.807) is 6.92 Å². The zero-order valence-corrected chi connectivity index (χ0v) is 18.0. The molecule has 0 aromatic heterocycles. The van der Waals surface area contributed by atoms with Crippen molar-refractivity contribution in [3.05, 3.63) is 58.9 Å². The molecule has 0 aliphatic carbocycles. The van der Waals surface area contributed by atoms with E-state index in [9.17, 15) is 35.9 Å². The number of carbonyl (C=O) groups excluding carboxylic acids is 1. The first-order valence-corrected chi connectivity index (χ1v) is 11.3. The molecule has 3 rings (SSSR count). The molecule has 1 aliphatic rings. The van der Waals surface area contributed by atoms with Gasteiger partial charge < -0.3 is 10.4 Å². The average Bonchev–Trinajstić information content (AvgIpc) is 2.92. The van der Waals surface area contributed by atoms with E-state index in [-0.39, 0.29) is 36.3 Å². The standard InChI is InChI=1S/C21H22F4N2O4S/c1-21(29)5-2-7-27(8-6-21)32(30,31)18-9-13(3-4-14(18)12-22)20(28)26-15-10-16(23)19(25)17(24)11-15/h3-4,9-11,29H,2,5-8,12H2,1H3,(H,26,28). The van der Waals surface area contributed by atoms with Crippen LogP contribution >= 0.6 is 0 Å². The summed E-state index contributed by atoms with van der Waals surface area (Å²) < 4.78 is 81.0. The number of anilines is 1. The quantitative estimate of drug-likeness (QED) is 0.511. The van der Waals surface area contributed by atoms with Gasteiger partial charge in [-0.2, -0.15) is 4.31 Å². The maximum absolute atomic E-state index is 13.6. The van der Waals surface area contributed by atoms with Gasteiger partial charge in [0.2, 0.25) is 10.0 Å². The minimum Gasteiger partial charge on any atom is -0.390 e. The number of hydrogen-bond acceptors (Lipinski definition) is 4. The lowest BCUT2D eigenvalue weighted by Gasteiger charge is -2.23. The fourth-order valence-corrected chi connectivity index (χ4v) is 5.20. The van der Waals surface area contributed by atoms with Crippen LogP contribution in [0.3, 0.4) is 0 Å². The average molecular weight is 474 g/mol. The van der Waals surface area contributed by atoms with Crippen LogP contribution in [0.25, 0.3) is 0 Å². The Kier molecular flexibility index (Phi) is 6.91. The van der Waals surface area contributed by atoms with E-state index in [4.69, 9.17) is 0 Å². The van der Waals surface area contributed by atoms with Crippen molar-refractivity contribution in [3.63, 3.8) is 0 Å². The van der Waals surface area contributed by atoms with Crippen molar-refractivity contribution in [2.75, 3.05) is 18.4 Å². The number of nitrogens with one attached hydrogen (secondary N) is 1. The number of amides is 1. The van der Waals surface area contributed by atoms with Crippen LogP contribution in [0.2, 0.25) is 0 Å². The highest BCUT2D eigenvalue weighted by Gasteiger charge is 2.33. The Balaban J connectivity index is 1.92. The highest BCUT2D eigenvalue weighted by atomic mass is 32.2. The van der Waals surface area contributed by atoms with E-state index < -0.39 is 50.6 Å². The van der Waals surface area contributed by atoms with Gasteiger partial charge in [0.15, 0.2) is 17.5 Å². The predicted molar refractivity (Wildman–Crippen MR) is 109 cm³/mol. The highest BCUT2D eigenvalue weighted by molar-refractivity contribution is 7.89. The predicted octanol–water partition coefficient (Wildman–Crippen LogP) is 3.75. The molecule has 1 fully saturated rings. The Hall–Kier alpha value is -2.50. The first-order chi connectivity index (χ1) is 14.9. The van der Waals surface area contributed by atoms with Gasteiger partial charge in [0.25, 0.3) is 5.91 Å². The topological polar surface area (TPSA) is 86.7 Å². The van der Waals surface area contributed by atoms with Crippen LogP contribution in [0.1, 0.15) is 42.1 Å². The summed E-state index contributed by atoms with van der Waals surface area (Å²) in [5.41, 5.74) is -1.75. The number of alkyl halides is 1. The first-order valence-electron chi connectivity index (χ1n) is 9.82. The van der Waals surface area contributed by atoms with Crippen molar-refractivity contribution in [3.8, 4) is 0 Å². The molecule has 1 atom stereocenters. The van der Waals surface area contributed by atoms with Gasteiger partial charge in [-0.05, 0) is 38.3 Å². The molecular formula is C21H22F4N2O4S. The van der Waals surface area contributed by atoms with Gasteiger partial charge in [0, 0.05) is 42.0 Å². The second-order valence-corrected chi connectivity index (χ2v) is 9.83. The summed E-state index contributed by atoms with van der Waals surface area (Å²) in [5, 5.41) is 12.4. The van der Waals surface area contributed by atoms with Crippen LogP contribution in [0, 0.1) is 17.5 Å². The summed E-state index contributed by atoms with van der Waals surface area (Å²) in [6.45, 7) is 0.652. The van der Waals surface area contributed by atoms with Gasteiger partial charge in [0.05, 0.1) is 10.5 Å². The second-order valence-electron chi connectivity index (χ2n) is 7.92. The van der Waals surface area contributed by atoms with Crippen LogP contribution < -0.4 is 5.32 Å². The Bertz CT molecular complexity index is 1120. The smallest absolute Gasteiger partial charge is 0.255 e. The van der Waals surface area contributed by atoms with Gasteiger partial charge in [-0.25, -0.2) is 26.0 Å². The van der Waals surface area contributed by atoms with Gasteiger partial charge in [-0.15, -0.1) is 0 Å². The number of sulfonamides is 1. The fraction of sp³-hybridized carbons (Fsp3) is 0.381. The molecule has 6 nitrogen and oxygen atoms in total. The summed E-state index contributed by atoms with van der Waals surface area (Å²) in [5.74, 6) is -5.63. The molecule has 1 amide bonds. The lowest BCUT2D eigenvalue weighted by Crippen LogP contribution is -2.34. The maximum atomic E-state index is 13.6. The number of nitrogens with zero attached hydrogens (tertiary/aromatic N) is 1. The molecule has 32 heavy (non-hydrogen) atoms. The van der Waals surface area contributed by atoms with Gasteiger partial charge in [0.1, 0.15) is 6.67 Å². The summed E-state index contributed by atoms with van der Waals surface area (Å²) in [6.07, 6.45) is 1.00. The van der Waals surface area contributed by atoms with Crippen LogP contribution in [-0.2, 0) is 16.7 Å². The summed E-state index contributed by atoms with van der Waals surface area (Å²) >= 11 is 0. The molecule has 0 bridgehead atoms. The summed E-state index contributed by atoms with van der Waals surface area (Å²) in [7, 11) is -4.19. The van der Waals surface area contributed by atoms with E-state index >= 15 is 0 Å².